The number of aromatic nitrogens is 3. The molecule has 2 heterocycles. The third kappa shape index (κ3) is 2.62. The summed E-state index contributed by atoms with van der Waals surface area (Å²) in [5.41, 5.74) is 0.889. The van der Waals surface area contributed by atoms with Crippen LogP contribution < -0.4 is 0 Å². The number of fused-ring (bicyclic) bond motifs is 1. The number of hydrogen-bond donors (Lipinski definition) is 3. The lowest BCUT2D eigenvalue weighted by Gasteiger charge is -2.16. The second kappa shape index (κ2) is 5.71. The molecule has 0 bridgehead atoms. The number of H-pyrrole nitrogens is 1. The first-order valence-corrected chi connectivity index (χ1v) is 7.04. The Morgan fingerprint density at radius 3 is 2.72 bits per heavy atom. The Hall–Kier alpha value is -0.400. The summed E-state index contributed by atoms with van der Waals surface area (Å²) in [7, 11) is 0. The SMILES string of the molecule is OC(CCBr)C(O)c1c[nH]c2nc(Cl)nc(Cl)c12. The zero-order chi connectivity index (χ0) is 13.3. The number of nitrogens with one attached hydrogen (secondary N) is 1. The molecule has 0 fully saturated rings. The molecule has 2 unspecified atom stereocenters. The van der Waals surface area contributed by atoms with Gasteiger partial charge in [0.1, 0.15) is 16.9 Å². The van der Waals surface area contributed by atoms with Gasteiger partial charge in [-0.15, -0.1) is 0 Å². The first-order chi connectivity index (χ1) is 8.54. The maximum Gasteiger partial charge on any atom is 0.225 e. The van der Waals surface area contributed by atoms with E-state index in [-0.39, 0.29) is 10.4 Å². The van der Waals surface area contributed by atoms with Crippen molar-refractivity contribution in [1.29, 1.82) is 0 Å². The Morgan fingerprint density at radius 1 is 1.33 bits per heavy atom. The lowest BCUT2D eigenvalue weighted by Crippen LogP contribution is -2.18. The molecule has 8 heteroatoms. The van der Waals surface area contributed by atoms with Crippen molar-refractivity contribution in [3.8, 4) is 0 Å². The predicted molar refractivity (Wildman–Crippen MR) is 73.3 cm³/mol. The molecule has 0 saturated heterocycles. The van der Waals surface area contributed by atoms with E-state index in [1.165, 1.54) is 0 Å². The topological polar surface area (TPSA) is 82.0 Å². The fraction of sp³-hybridized carbons (Fsp3) is 0.400. The summed E-state index contributed by atoms with van der Waals surface area (Å²) in [6, 6.07) is 0. The van der Waals surface area contributed by atoms with Crippen LogP contribution in [0.2, 0.25) is 10.4 Å². The van der Waals surface area contributed by atoms with Gasteiger partial charge < -0.3 is 15.2 Å². The summed E-state index contributed by atoms with van der Waals surface area (Å²) in [4.78, 5) is 10.6. The monoisotopic (exact) mass is 353 g/mol. The molecule has 5 nitrogen and oxygen atoms in total. The summed E-state index contributed by atoms with van der Waals surface area (Å²) in [6.07, 6.45) is 0.0116. The number of alkyl halides is 1. The van der Waals surface area contributed by atoms with Crippen LogP contribution in [0.5, 0.6) is 0 Å². The third-order valence-electron chi connectivity index (χ3n) is 2.58. The molecule has 0 aromatic carbocycles. The average molecular weight is 355 g/mol. The van der Waals surface area contributed by atoms with E-state index in [1.54, 1.807) is 6.20 Å². The van der Waals surface area contributed by atoms with Crippen molar-refractivity contribution in [2.75, 3.05) is 5.33 Å². The summed E-state index contributed by atoms with van der Waals surface area (Å²) >= 11 is 14.9. The zero-order valence-electron chi connectivity index (χ0n) is 9.07. The van der Waals surface area contributed by atoms with Crippen molar-refractivity contribution in [2.24, 2.45) is 0 Å². The van der Waals surface area contributed by atoms with Gasteiger partial charge in [0.2, 0.25) is 5.28 Å². The Labute approximate surface area is 121 Å². The summed E-state index contributed by atoms with van der Waals surface area (Å²) in [5, 5.41) is 21.1. The highest BCUT2D eigenvalue weighted by Crippen LogP contribution is 2.31. The van der Waals surface area contributed by atoms with Gasteiger partial charge >= 0.3 is 0 Å². The number of aliphatic hydroxyl groups excluding tert-OH is 2. The molecule has 98 valence electrons. The van der Waals surface area contributed by atoms with Crippen LogP contribution in [0.1, 0.15) is 18.1 Å². The molecule has 0 spiro atoms. The van der Waals surface area contributed by atoms with E-state index in [9.17, 15) is 10.2 Å². The van der Waals surface area contributed by atoms with E-state index in [0.29, 0.717) is 28.3 Å². The second-order valence-corrected chi connectivity index (χ2v) is 5.23. The molecule has 0 aliphatic rings. The van der Waals surface area contributed by atoms with E-state index in [0.717, 1.165) is 0 Å². The molecule has 0 aliphatic carbocycles. The lowest BCUT2D eigenvalue weighted by atomic mass is 10.0. The molecule has 3 N–H and O–H groups in total. The van der Waals surface area contributed by atoms with Crippen LogP contribution in [0.4, 0.5) is 0 Å². The van der Waals surface area contributed by atoms with Crippen LogP contribution in [0.15, 0.2) is 6.20 Å². The molecule has 0 aliphatic heterocycles. The minimum Gasteiger partial charge on any atom is -0.390 e. The number of aromatic amines is 1. The number of aliphatic hydroxyl groups is 2. The van der Waals surface area contributed by atoms with Crippen LogP contribution in [0, 0.1) is 0 Å². The largest absolute Gasteiger partial charge is 0.390 e. The fourth-order valence-electron chi connectivity index (χ4n) is 1.70. The third-order valence-corrected chi connectivity index (χ3v) is 3.48. The number of hydrogen-bond acceptors (Lipinski definition) is 4. The quantitative estimate of drug-likeness (QED) is 0.447. The first-order valence-electron chi connectivity index (χ1n) is 5.16. The van der Waals surface area contributed by atoms with Gasteiger partial charge in [-0.1, -0.05) is 27.5 Å². The van der Waals surface area contributed by atoms with Gasteiger partial charge in [0, 0.05) is 17.1 Å². The first kappa shape index (κ1) is 14.0. The Morgan fingerprint density at radius 2 is 2.06 bits per heavy atom. The minimum absolute atomic E-state index is 0.0244. The van der Waals surface area contributed by atoms with Crippen LogP contribution in [0.3, 0.4) is 0 Å². The highest BCUT2D eigenvalue weighted by atomic mass is 79.9. The summed E-state index contributed by atoms with van der Waals surface area (Å²) in [5.74, 6) is 0. The predicted octanol–water partition coefficient (Wildman–Crippen LogP) is 2.44. The van der Waals surface area contributed by atoms with Gasteiger partial charge in [0.15, 0.2) is 0 Å². The molecule has 2 rings (SSSR count). The van der Waals surface area contributed by atoms with Gasteiger partial charge in [-0.3, -0.25) is 0 Å². The van der Waals surface area contributed by atoms with Crippen LogP contribution >= 0.6 is 39.1 Å². The Bertz CT molecular complexity index is 563. The van der Waals surface area contributed by atoms with Crippen molar-refractivity contribution in [2.45, 2.75) is 18.6 Å². The minimum atomic E-state index is -1.06. The van der Waals surface area contributed by atoms with E-state index < -0.39 is 12.2 Å². The van der Waals surface area contributed by atoms with Gasteiger partial charge in [-0.05, 0) is 18.0 Å². The summed E-state index contributed by atoms with van der Waals surface area (Å²) < 4.78 is 0. The molecular weight excluding hydrogens is 345 g/mol. The van der Waals surface area contributed by atoms with Crippen molar-refractivity contribution >= 4 is 50.2 Å². The highest BCUT2D eigenvalue weighted by Gasteiger charge is 2.23. The van der Waals surface area contributed by atoms with Crippen LogP contribution in [-0.2, 0) is 0 Å². The standard InChI is InChI=1S/C10H10BrCl2N3O2/c11-2-1-5(17)7(18)4-3-14-9-6(4)8(12)15-10(13)16-9/h3,5,7,17-18H,1-2H2,(H,14,15,16). The number of halogens is 3. The van der Waals surface area contributed by atoms with Gasteiger partial charge in [-0.25, -0.2) is 4.98 Å². The van der Waals surface area contributed by atoms with Crippen LogP contribution in [-0.4, -0.2) is 36.6 Å². The molecule has 2 atom stereocenters. The number of rotatable bonds is 4. The Balaban J connectivity index is 2.46. The highest BCUT2D eigenvalue weighted by molar-refractivity contribution is 9.09. The molecular formula is C10H10BrCl2N3O2. The lowest BCUT2D eigenvalue weighted by molar-refractivity contribution is 0.0182. The smallest absolute Gasteiger partial charge is 0.225 e. The molecule has 0 radical (unpaired) electrons. The molecule has 18 heavy (non-hydrogen) atoms. The van der Waals surface area contributed by atoms with E-state index >= 15 is 0 Å². The average Bonchev–Trinajstić information content (AvgIpc) is 2.72. The summed E-state index contributed by atoms with van der Waals surface area (Å²) in [6.45, 7) is 0. The van der Waals surface area contributed by atoms with Crippen molar-refractivity contribution in [3.63, 3.8) is 0 Å². The fourth-order valence-corrected chi connectivity index (χ4v) is 2.66. The van der Waals surface area contributed by atoms with Gasteiger partial charge in [-0.2, -0.15) is 4.98 Å². The molecule has 0 amide bonds. The molecule has 2 aromatic rings. The van der Waals surface area contributed by atoms with Crippen LogP contribution in [0.25, 0.3) is 11.0 Å². The maximum absolute atomic E-state index is 10.1. The molecule has 2 aromatic heterocycles. The van der Waals surface area contributed by atoms with E-state index in [2.05, 4.69) is 30.9 Å². The van der Waals surface area contributed by atoms with Crippen molar-refractivity contribution in [1.82, 2.24) is 15.0 Å². The zero-order valence-corrected chi connectivity index (χ0v) is 12.2. The Kier molecular flexibility index (Phi) is 4.45. The van der Waals surface area contributed by atoms with Gasteiger partial charge in [0.25, 0.3) is 0 Å². The second-order valence-electron chi connectivity index (χ2n) is 3.74. The van der Waals surface area contributed by atoms with Crippen molar-refractivity contribution < 1.29 is 10.2 Å². The molecule has 0 saturated carbocycles. The normalized spacial score (nSPS) is 14.9. The van der Waals surface area contributed by atoms with E-state index in [1.807, 2.05) is 0 Å². The van der Waals surface area contributed by atoms with E-state index in [4.69, 9.17) is 23.2 Å². The van der Waals surface area contributed by atoms with Gasteiger partial charge in [0.05, 0.1) is 11.5 Å². The number of nitrogens with zero attached hydrogens (tertiary/aromatic N) is 2. The van der Waals surface area contributed by atoms with Crippen molar-refractivity contribution in [3.05, 3.63) is 22.2 Å². The maximum atomic E-state index is 10.1.